The van der Waals surface area contributed by atoms with E-state index in [2.05, 4.69) is 22.1 Å². The highest BCUT2D eigenvalue weighted by molar-refractivity contribution is 5.97. The fourth-order valence-corrected chi connectivity index (χ4v) is 1.29. The average Bonchev–Trinajstić information content (AvgIpc) is 2.60. The molecule has 1 atom stereocenters. The number of allylic oxidation sites excluding steroid dienone is 1. The van der Waals surface area contributed by atoms with Crippen LogP contribution in [-0.4, -0.2) is 24.0 Å². The van der Waals surface area contributed by atoms with Crippen LogP contribution >= 0.6 is 0 Å². The summed E-state index contributed by atoms with van der Waals surface area (Å²) in [4.78, 5) is 23.1. The van der Waals surface area contributed by atoms with Crippen LogP contribution in [0.15, 0.2) is 34.3 Å². The molecule has 1 amide bonds. The number of nitrogens with zero attached hydrogens (tertiary/aromatic N) is 2. The van der Waals surface area contributed by atoms with E-state index in [0.29, 0.717) is 5.70 Å². The van der Waals surface area contributed by atoms with E-state index in [1.54, 1.807) is 26.8 Å². The van der Waals surface area contributed by atoms with E-state index in [-0.39, 0.29) is 12.3 Å². The van der Waals surface area contributed by atoms with Crippen molar-refractivity contribution in [1.82, 2.24) is 5.32 Å². The third kappa shape index (κ3) is 2.99. The van der Waals surface area contributed by atoms with Crippen LogP contribution in [0.3, 0.4) is 0 Å². The Kier molecular flexibility index (Phi) is 3.77. The molecule has 0 aliphatic carbocycles. The van der Waals surface area contributed by atoms with Crippen molar-refractivity contribution in [2.45, 2.75) is 26.3 Å². The molecule has 0 radical (unpaired) electrons. The highest BCUT2D eigenvalue weighted by Gasteiger charge is 2.35. The summed E-state index contributed by atoms with van der Waals surface area (Å²) in [6, 6.07) is 0. The second kappa shape index (κ2) is 4.90. The highest BCUT2D eigenvalue weighted by atomic mass is 16.5. The van der Waals surface area contributed by atoms with Gasteiger partial charge in [0.1, 0.15) is 5.70 Å². The van der Waals surface area contributed by atoms with Crippen LogP contribution in [0.1, 0.15) is 20.8 Å². The molecule has 0 aromatic rings. The number of amides is 1. The Morgan fingerprint density at radius 1 is 1.59 bits per heavy atom. The van der Waals surface area contributed by atoms with E-state index in [1.165, 1.54) is 0 Å². The number of nitrogens with one attached hydrogen (secondary N) is 1. The smallest absolute Gasteiger partial charge is 0.354 e. The molecule has 1 aliphatic heterocycles. The molecule has 0 aromatic carbocycles. The zero-order chi connectivity index (χ0) is 13.1. The van der Waals surface area contributed by atoms with Crippen LogP contribution < -0.4 is 5.32 Å². The van der Waals surface area contributed by atoms with E-state index in [9.17, 15) is 9.59 Å². The van der Waals surface area contributed by atoms with Crippen LogP contribution in [0.5, 0.6) is 0 Å². The van der Waals surface area contributed by atoms with Gasteiger partial charge in [-0.15, -0.1) is 0 Å². The van der Waals surface area contributed by atoms with Gasteiger partial charge >= 0.3 is 5.97 Å². The minimum atomic E-state index is -1.08. The van der Waals surface area contributed by atoms with E-state index >= 15 is 0 Å². The summed E-state index contributed by atoms with van der Waals surface area (Å²) in [5.41, 5.74) is -0.532. The summed E-state index contributed by atoms with van der Waals surface area (Å²) < 4.78 is 4.70. The number of azo groups is 1. The number of carbonyl (C=O) groups excluding carboxylic acids is 2. The molecule has 0 spiro atoms. The van der Waals surface area contributed by atoms with Crippen LogP contribution in [0, 0.1) is 0 Å². The Labute approximate surface area is 99.4 Å². The molecule has 0 fully saturated rings. The summed E-state index contributed by atoms with van der Waals surface area (Å²) in [5, 5.41) is 9.97. The van der Waals surface area contributed by atoms with Gasteiger partial charge in [-0.3, -0.25) is 4.79 Å². The van der Waals surface area contributed by atoms with Gasteiger partial charge in [0.2, 0.25) is 0 Å². The minimum Gasteiger partial charge on any atom is -0.461 e. The van der Waals surface area contributed by atoms with Crippen molar-refractivity contribution in [3.8, 4) is 0 Å². The molecule has 0 saturated carbocycles. The van der Waals surface area contributed by atoms with Crippen LogP contribution in [0.2, 0.25) is 0 Å². The van der Waals surface area contributed by atoms with E-state index < -0.39 is 17.4 Å². The first kappa shape index (κ1) is 13.1. The lowest BCUT2D eigenvalue weighted by atomic mass is 10.0. The van der Waals surface area contributed by atoms with Gasteiger partial charge in [-0.2, -0.15) is 10.2 Å². The van der Waals surface area contributed by atoms with Crippen molar-refractivity contribution in [2.24, 2.45) is 10.2 Å². The maximum atomic E-state index is 11.9. The summed E-state index contributed by atoms with van der Waals surface area (Å²) in [6.45, 7) is 8.67. The molecule has 1 rings (SSSR count). The molecule has 1 heterocycles. The Bertz CT molecular complexity index is 426. The van der Waals surface area contributed by atoms with Gasteiger partial charge < -0.3 is 10.1 Å². The van der Waals surface area contributed by atoms with E-state index in [0.717, 1.165) is 0 Å². The predicted molar refractivity (Wildman–Crippen MR) is 60.9 cm³/mol. The van der Waals surface area contributed by atoms with Crippen molar-refractivity contribution in [2.75, 3.05) is 6.61 Å². The largest absolute Gasteiger partial charge is 0.461 e. The molecule has 0 aromatic heterocycles. The van der Waals surface area contributed by atoms with Gasteiger partial charge in [-0.05, 0) is 26.8 Å². The van der Waals surface area contributed by atoms with Gasteiger partial charge in [-0.1, -0.05) is 6.58 Å². The van der Waals surface area contributed by atoms with E-state index in [4.69, 9.17) is 4.74 Å². The standard InChI is InChI=1S/C11H15N3O3/c1-5-17-9(15)8(3)12-10(16)11(4)6-7(2)13-14-11/h6H,3,5H2,1-2,4H3,(H,12,16). The minimum absolute atomic E-state index is 0.105. The molecule has 6 heteroatoms. The summed E-state index contributed by atoms with van der Waals surface area (Å²) in [7, 11) is 0. The third-order valence-electron chi connectivity index (χ3n) is 2.15. The molecule has 1 N–H and O–H groups in total. The lowest BCUT2D eigenvalue weighted by Gasteiger charge is -2.16. The molecular formula is C11H15N3O3. The van der Waals surface area contributed by atoms with Crippen LogP contribution in [0.25, 0.3) is 0 Å². The lowest BCUT2D eigenvalue weighted by molar-refractivity contribution is -0.140. The Morgan fingerprint density at radius 3 is 2.71 bits per heavy atom. The molecule has 1 unspecified atom stereocenters. The van der Waals surface area contributed by atoms with Crippen molar-refractivity contribution < 1.29 is 14.3 Å². The van der Waals surface area contributed by atoms with Crippen molar-refractivity contribution in [3.63, 3.8) is 0 Å². The Hall–Kier alpha value is -1.98. The molecule has 1 aliphatic rings. The summed E-state index contributed by atoms with van der Waals surface area (Å²) in [5.74, 6) is -1.11. The SMILES string of the molecule is C=C(NC(=O)C1(C)C=C(C)N=N1)C(=O)OCC. The highest BCUT2D eigenvalue weighted by Crippen LogP contribution is 2.23. The fourth-order valence-electron chi connectivity index (χ4n) is 1.29. The van der Waals surface area contributed by atoms with Crippen LogP contribution in [-0.2, 0) is 14.3 Å². The number of ether oxygens (including phenoxy) is 1. The summed E-state index contributed by atoms with van der Waals surface area (Å²) in [6.07, 6.45) is 1.61. The summed E-state index contributed by atoms with van der Waals surface area (Å²) >= 11 is 0. The molecule has 0 saturated heterocycles. The first-order chi connectivity index (χ1) is 7.89. The zero-order valence-electron chi connectivity index (χ0n) is 10.1. The van der Waals surface area contributed by atoms with Gasteiger partial charge in [0.15, 0.2) is 5.54 Å². The average molecular weight is 237 g/mol. The van der Waals surface area contributed by atoms with Gasteiger partial charge in [0, 0.05) is 0 Å². The first-order valence-corrected chi connectivity index (χ1v) is 5.19. The topological polar surface area (TPSA) is 80.1 Å². The van der Waals surface area contributed by atoms with E-state index in [1.807, 2.05) is 0 Å². The predicted octanol–water partition coefficient (Wildman–Crippen LogP) is 1.31. The normalized spacial score (nSPS) is 21.9. The molecule has 92 valence electrons. The second-order valence-electron chi connectivity index (χ2n) is 3.79. The number of esters is 1. The van der Waals surface area contributed by atoms with Gasteiger partial charge in [0.25, 0.3) is 5.91 Å². The molecule has 6 nitrogen and oxygen atoms in total. The zero-order valence-corrected chi connectivity index (χ0v) is 10.1. The molecular weight excluding hydrogens is 222 g/mol. The number of rotatable bonds is 4. The van der Waals surface area contributed by atoms with Crippen molar-refractivity contribution >= 4 is 11.9 Å². The molecule has 17 heavy (non-hydrogen) atoms. The lowest BCUT2D eigenvalue weighted by Crippen LogP contribution is -2.41. The number of hydrogen-bond donors (Lipinski definition) is 1. The van der Waals surface area contributed by atoms with Crippen molar-refractivity contribution in [3.05, 3.63) is 24.0 Å². The first-order valence-electron chi connectivity index (χ1n) is 5.19. The third-order valence-corrected chi connectivity index (χ3v) is 2.15. The van der Waals surface area contributed by atoms with Crippen LogP contribution in [0.4, 0.5) is 0 Å². The number of hydrogen-bond acceptors (Lipinski definition) is 5. The van der Waals surface area contributed by atoms with Gasteiger partial charge in [-0.25, -0.2) is 4.79 Å². The number of carbonyl (C=O) groups is 2. The second-order valence-corrected chi connectivity index (χ2v) is 3.79. The van der Waals surface area contributed by atoms with Crippen molar-refractivity contribution in [1.29, 1.82) is 0 Å². The maximum absolute atomic E-state index is 11.9. The maximum Gasteiger partial charge on any atom is 0.354 e. The Balaban J connectivity index is 2.65. The van der Waals surface area contributed by atoms with Gasteiger partial charge in [0.05, 0.1) is 12.3 Å². The fraction of sp³-hybridized carbons (Fsp3) is 0.455. The molecule has 0 bridgehead atoms. The quantitative estimate of drug-likeness (QED) is 0.591. The monoisotopic (exact) mass is 237 g/mol. The Morgan fingerprint density at radius 2 is 2.24 bits per heavy atom.